The summed E-state index contributed by atoms with van der Waals surface area (Å²) in [6.45, 7) is 4.59. The van der Waals surface area contributed by atoms with Crippen LogP contribution in [0.2, 0.25) is 0 Å². The summed E-state index contributed by atoms with van der Waals surface area (Å²) in [7, 11) is 2.17. The maximum atomic E-state index is 9.75. The van der Waals surface area contributed by atoms with E-state index in [0.29, 0.717) is 6.04 Å². The predicted octanol–water partition coefficient (Wildman–Crippen LogP) is 0.147. The van der Waals surface area contributed by atoms with E-state index in [9.17, 15) is 5.11 Å². The van der Waals surface area contributed by atoms with Gasteiger partial charge in [0.2, 0.25) is 0 Å². The standard InChI is InChI=1S/C10H20N2O/c1-11-5-7-12(8-6-11)9-3-2-4-10(9)13/h9-10,13H,2-8H2,1H3/t9?,10-/m0/s1. The molecule has 3 heteroatoms. The minimum Gasteiger partial charge on any atom is -0.391 e. The third-order valence-electron chi connectivity index (χ3n) is 3.45. The van der Waals surface area contributed by atoms with Crippen LogP contribution in [0.25, 0.3) is 0 Å². The first-order valence-electron chi connectivity index (χ1n) is 5.38. The third kappa shape index (κ3) is 2.03. The lowest BCUT2D eigenvalue weighted by molar-refractivity contribution is 0.0415. The van der Waals surface area contributed by atoms with E-state index >= 15 is 0 Å². The van der Waals surface area contributed by atoms with Crippen LogP contribution in [0.15, 0.2) is 0 Å². The highest BCUT2D eigenvalue weighted by atomic mass is 16.3. The Balaban J connectivity index is 1.86. The largest absolute Gasteiger partial charge is 0.391 e. The summed E-state index contributed by atoms with van der Waals surface area (Å²) >= 11 is 0. The van der Waals surface area contributed by atoms with Crippen LogP contribution in [0.1, 0.15) is 19.3 Å². The Morgan fingerprint density at radius 3 is 2.31 bits per heavy atom. The van der Waals surface area contributed by atoms with E-state index in [1.807, 2.05) is 0 Å². The predicted molar refractivity (Wildman–Crippen MR) is 52.7 cm³/mol. The molecule has 2 aliphatic rings. The molecular weight excluding hydrogens is 164 g/mol. The molecule has 1 heterocycles. The van der Waals surface area contributed by atoms with Crippen molar-refractivity contribution in [3.63, 3.8) is 0 Å². The summed E-state index contributed by atoms with van der Waals surface area (Å²) in [4.78, 5) is 4.83. The molecule has 3 nitrogen and oxygen atoms in total. The van der Waals surface area contributed by atoms with Crippen molar-refractivity contribution in [3.05, 3.63) is 0 Å². The van der Waals surface area contributed by atoms with Crippen molar-refractivity contribution >= 4 is 0 Å². The van der Waals surface area contributed by atoms with Gasteiger partial charge in [-0.1, -0.05) is 0 Å². The second-order valence-corrected chi connectivity index (χ2v) is 4.40. The molecule has 1 aliphatic carbocycles. The lowest BCUT2D eigenvalue weighted by Crippen LogP contribution is -2.51. The number of likely N-dealkylation sites (N-methyl/N-ethyl adjacent to an activating group) is 1. The number of piperazine rings is 1. The summed E-state index contributed by atoms with van der Waals surface area (Å²) in [6, 6.07) is 0.466. The number of hydrogen-bond acceptors (Lipinski definition) is 3. The number of nitrogens with zero attached hydrogens (tertiary/aromatic N) is 2. The molecule has 0 aromatic carbocycles. The molecule has 1 saturated carbocycles. The molecule has 0 aromatic rings. The molecular formula is C10H20N2O. The van der Waals surface area contributed by atoms with E-state index in [2.05, 4.69) is 16.8 Å². The minimum atomic E-state index is -0.0524. The first kappa shape index (κ1) is 9.44. The Morgan fingerprint density at radius 2 is 1.77 bits per heavy atom. The lowest BCUT2D eigenvalue weighted by Gasteiger charge is -2.37. The highest BCUT2D eigenvalue weighted by molar-refractivity contribution is 4.87. The van der Waals surface area contributed by atoms with E-state index < -0.39 is 0 Å². The summed E-state index contributed by atoms with van der Waals surface area (Å²) in [5.41, 5.74) is 0. The minimum absolute atomic E-state index is 0.0524. The zero-order valence-corrected chi connectivity index (χ0v) is 8.45. The van der Waals surface area contributed by atoms with Crippen LogP contribution >= 0.6 is 0 Å². The fourth-order valence-corrected chi connectivity index (χ4v) is 2.50. The van der Waals surface area contributed by atoms with Gasteiger partial charge in [-0.15, -0.1) is 0 Å². The molecule has 2 fully saturated rings. The molecule has 13 heavy (non-hydrogen) atoms. The second kappa shape index (κ2) is 3.95. The molecule has 0 radical (unpaired) electrons. The maximum Gasteiger partial charge on any atom is 0.0695 e. The molecule has 1 unspecified atom stereocenters. The van der Waals surface area contributed by atoms with Crippen LogP contribution in [0.4, 0.5) is 0 Å². The topological polar surface area (TPSA) is 26.7 Å². The van der Waals surface area contributed by atoms with Crippen molar-refractivity contribution in [2.45, 2.75) is 31.4 Å². The van der Waals surface area contributed by atoms with Crippen molar-refractivity contribution in [2.24, 2.45) is 0 Å². The quantitative estimate of drug-likeness (QED) is 0.628. The summed E-state index contributed by atoms with van der Waals surface area (Å²) < 4.78 is 0. The average Bonchev–Trinajstić information content (AvgIpc) is 2.53. The fraction of sp³-hybridized carbons (Fsp3) is 1.00. The first-order chi connectivity index (χ1) is 6.27. The first-order valence-corrected chi connectivity index (χ1v) is 5.38. The Morgan fingerprint density at radius 1 is 1.08 bits per heavy atom. The van der Waals surface area contributed by atoms with Crippen LogP contribution in [0.3, 0.4) is 0 Å². The van der Waals surface area contributed by atoms with Gasteiger partial charge in [-0.05, 0) is 26.3 Å². The van der Waals surface area contributed by atoms with Gasteiger partial charge in [-0.25, -0.2) is 0 Å². The summed E-state index contributed by atoms with van der Waals surface area (Å²) in [6.07, 6.45) is 3.36. The van der Waals surface area contributed by atoms with Gasteiger partial charge in [0.25, 0.3) is 0 Å². The van der Waals surface area contributed by atoms with Crippen molar-refractivity contribution in [3.8, 4) is 0 Å². The normalized spacial score (nSPS) is 38.3. The van der Waals surface area contributed by atoms with Crippen molar-refractivity contribution < 1.29 is 5.11 Å². The molecule has 0 amide bonds. The van der Waals surface area contributed by atoms with Gasteiger partial charge >= 0.3 is 0 Å². The van der Waals surface area contributed by atoms with Crippen LogP contribution in [0, 0.1) is 0 Å². The van der Waals surface area contributed by atoms with E-state index in [1.54, 1.807) is 0 Å². The number of hydrogen-bond donors (Lipinski definition) is 1. The number of aliphatic hydroxyl groups excluding tert-OH is 1. The van der Waals surface area contributed by atoms with Crippen LogP contribution < -0.4 is 0 Å². The van der Waals surface area contributed by atoms with E-state index in [-0.39, 0.29) is 6.10 Å². The molecule has 1 saturated heterocycles. The van der Waals surface area contributed by atoms with Crippen molar-refractivity contribution in [1.82, 2.24) is 9.80 Å². The highest BCUT2D eigenvalue weighted by Gasteiger charge is 2.31. The summed E-state index contributed by atoms with van der Waals surface area (Å²) in [5.74, 6) is 0. The average molecular weight is 184 g/mol. The Kier molecular flexibility index (Phi) is 2.86. The van der Waals surface area contributed by atoms with Gasteiger partial charge in [0.15, 0.2) is 0 Å². The van der Waals surface area contributed by atoms with Gasteiger partial charge in [-0.3, -0.25) is 4.90 Å². The molecule has 0 aromatic heterocycles. The van der Waals surface area contributed by atoms with Crippen molar-refractivity contribution in [1.29, 1.82) is 0 Å². The maximum absolute atomic E-state index is 9.75. The molecule has 2 atom stereocenters. The molecule has 2 rings (SSSR count). The molecule has 1 N–H and O–H groups in total. The second-order valence-electron chi connectivity index (χ2n) is 4.40. The van der Waals surface area contributed by atoms with Crippen LogP contribution in [0.5, 0.6) is 0 Å². The third-order valence-corrected chi connectivity index (χ3v) is 3.45. The van der Waals surface area contributed by atoms with Gasteiger partial charge in [0.05, 0.1) is 6.10 Å². The monoisotopic (exact) mass is 184 g/mol. The molecule has 0 bridgehead atoms. The number of rotatable bonds is 1. The van der Waals surface area contributed by atoms with Gasteiger partial charge in [-0.2, -0.15) is 0 Å². The molecule has 1 aliphatic heterocycles. The lowest BCUT2D eigenvalue weighted by atomic mass is 10.1. The zero-order valence-electron chi connectivity index (χ0n) is 8.45. The Hall–Kier alpha value is -0.120. The SMILES string of the molecule is CN1CCN(C2CCC[C@@H]2O)CC1. The Bertz CT molecular complexity index is 166. The van der Waals surface area contributed by atoms with Gasteiger partial charge in [0, 0.05) is 32.2 Å². The van der Waals surface area contributed by atoms with Crippen molar-refractivity contribution in [2.75, 3.05) is 33.2 Å². The van der Waals surface area contributed by atoms with E-state index in [4.69, 9.17) is 0 Å². The van der Waals surface area contributed by atoms with E-state index in [1.165, 1.54) is 12.8 Å². The van der Waals surface area contributed by atoms with E-state index in [0.717, 1.165) is 32.6 Å². The summed E-state index contributed by atoms with van der Waals surface area (Å²) in [5, 5.41) is 9.75. The van der Waals surface area contributed by atoms with Gasteiger partial charge in [0.1, 0.15) is 0 Å². The number of aliphatic hydroxyl groups is 1. The van der Waals surface area contributed by atoms with Crippen LogP contribution in [-0.4, -0.2) is 60.3 Å². The Labute approximate surface area is 80.3 Å². The zero-order chi connectivity index (χ0) is 9.26. The highest BCUT2D eigenvalue weighted by Crippen LogP contribution is 2.24. The molecule has 0 spiro atoms. The molecule has 76 valence electrons. The van der Waals surface area contributed by atoms with Crippen LogP contribution in [-0.2, 0) is 0 Å². The smallest absolute Gasteiger partial charge is 0.0695 e. The fourth-order valence-electron chi connectivity index (χ4n) is 2.50. The van der Waals surface area contributed by atoms with Gasteiger partial charge < -0.3 is 10.0 Å².